The molecule has 0 unspecified atom stereocenters. The van der Waals surface area contributed by atoms with Gasteiger partial charge in [0.05, 0.1) is 0 Å². The van der Waals surface area contributed by atoms with Gasteiger partial charge >= 0.3 is 0 Å². The summed E-state index contributed by atoms with van der Waals surface area (Å²) in [6.07, 6.45) is 8.16. The van der Waals surface area contributed by atoms with Gasteiger partial charge in [0.2, 0.25) is 0 Å². The largest absolute Gasteiger partial charge is 0.299 e. The van der Waals surface area contributed by atoms with Gasteiger partial charge in [-0.25, -0.2) is 0 Å². The van der Waals surface area contributed by atoms with Crippen molar-refractivity contribution in [3.8, 4) is 0 Å². The lowest BCUT2D eigenvalue weighted by atomic mass is 10.1. The predicted molar refractivity (Wildman–Crippen MR) is 39.2 cm³/mol. The Kier molecular flexibility index (Phi) is 4.79. The summed E-state index contributed by atoms with van der Waals surface area (Å²) < 4.78 is 0. The van der Waals surface area contributed by atoms with E-state index in [0.717, 1.165) is 6.29 Å². The van der Waals surface area contributed by atoms with Crippen LogP contribution in [0.4, 0.5) is 0 Å². The first-order valence-electron chi connectivity index (χ1n) is 3.06. The van der Waals surface area contributed by atoms with E-state index in [-0.39, 0.29) is 0 Å². The normalized spacial score (nSPS) is 14.9. The quantitative estimate of drug-likeness (QED) is 0.319. The molecule has 1 atom stereocenters. The Balaban J connectivity index is 3.61. The number of hydrogen-bond donors (Lipinski definition) is 0. The van der Waals surface area contributed by atoms with Gasteiger partial charge in [-0.05, 0) is 18.9 Å². The highest BCUT2D eigenvalue weighted by Crippen LogP contribution is 1.97. The molecule has 0 aliphatic heterocycles. The van der Waals surface area contributed by atoms with Crippen molar-refractivity contribution in [1.29, 1.82) is 0 Å². The average Bonchev–Trinajstić information content (AvgIpc) is 1.85. The molecule has 50 valence electrons. The molecule has 0 heterocycles. The number of hydrogen-bond acceptors (Lipinski definition) is 1. The molecule has 0 rings (SSSR count). The molecule has 1 heteroatoms. The van der Waals surface area contributed by atoms with Crippen LogP contribution in [0.3, 0.4) is 0 Å². The van der Waals surface area contributed by atoms with Crippen LogP contribution in [0.1, 0.15) is 13.8 Å². The summed E-state index contributed by atoms with van der Waals surface area (Å²) >= 11 is 0. The van der Waals surface area contributed by atoms with Gasteiger partial charge in [0.25, 0.3) is 0 Å². The Morgan fingerprint density at radius 2 is 2.00 bits per heavy atom. The zero-order valence-corrected chi connectivity index (χ0v) is 5.87. The number of allylic oxidation sites excluding steroid dienone is 4. The smallest absolute Gasteiger partial charge is 0.142 e. The van der Waals surface area contributed by atoms with E-state index in [1.807, 2.05) is 32.1 Å². The summed E-state index contributed by atoms with van der Waals surface area (Å²) in [5.74, 6) is 0.375. The summed E-state index contributed by atoms with van der Waals surface area (Å²) in [6.45, 7) is 3.99. The maximum atomic E-state index is 9.80. The maximum absolute atomic E-state index is 9.80. The third-order valence-electron chi connectivity index (χ3n) is 0.989. The van der Waals surface area contributed by atoms with Crippen molar-refractivity contribution >= 4 is 6.29 Å². The fourth-order valence-corrected chi connectivity index (χ4v) is 0.588. The van der Waals surface area contributed by atoms with Crippen LogP contribution in [0.5, 0.6) is 0 Å². The van der Waals surface area contributed by atoms with Crippen LogP contribution in [0.25, 0.3) is 0 Å². The van der Waals surface area contributed by atoms with Crippen molar-refractivity contribution in [2.24, 2.45) is 5.92 Å². The van der Waals surface area contributed by atoms with E-state index in [4.69, 9.17) is 0 Å². The van der Waals surface area contributed by atoms with Crippen LogP contribution in [-0.2, 0) is 4.79 Å². The zero-order chi connectivity index (χ0) is 7.11. The second-order valence-corrected chi connectivity index (χ2v) is 1.91. The van der Waals surface area contributed by atoms with Crippen molar-refractivity contribution in [1.82, 2.24) is 0 Å². The molecule has 0 aromatic rings. The van der Waals surface area contributed by atoms with Crippen LogP contribution in [-0.4, -0.2) is 6.29 Å². The van der Waals surface area contributed by atoms with E-state index in [2.05, 4.69) is 0 Å². The van der Waals surface area contributed by atoms with Gasteiger partial charge < -0.3 is 0 Å². The van der Waals surface area contributed by atoms with Crippen LogP contribution < -0.4 is 0 Å². The van der Waals surface area contributed by atoms with Gasteiger partial charge in [-0.2, -0.15) is 0 Å². The van der Waals surface area contributed by atoms with E-state index in [1.54, 1.807) is 0 Å². The first-order valence-corrected chi connectivity index (χ1v) is 3.06. The van der Waals surface area contributed by atoms with Crippen molar-refractivity contribution in [2.75, 3.05) is 0 Å². The predicted octanol–water partition coefficient (Wildman–Crippen LogP) is 1.95. The molecule has 0 fully saturated rings. The summed E-state index contributed by atoms with van der Waals surface area (Å²) in [5.41, 5.74) is 0. The standard InChI is InChI=1S/C8H12O/c1-3-5-8(2)6-4-7-9/h3-8H,1-2H3/b5-3-,6-4+/t8-/m0/s1. The summed E-state index contributed by atoms with van der Waals surface area (Å²) in [6, 6.07) is 0. The lowest BCUT2D eigenvalue weighted by Gasteiger charge is -1.92. The molecule has 0 spiro atoms. The number of carbonyl (C=O) groups excluding carboxylic acids is 1. The molecule has 0 aromatic heterocycles. The van der Waals surface area contributed by atoms with E-state index >= 15 is 0 Å². The highest BCUT2D eigenvalue weighted by Gasteiger charge is 1.84. The molecule has 0 aliphatic rings. The third kappa shape index (κ3) is 5.01. The highest BCUT2D eigenvalue weighted by molar-refractivity contribution is 5.64. The number of carbonyl (C=O) groups is 1. The third-order valence-corrected chi connectivity index (χ3v) is 0.989. The first-order chi connectivity index (χ1) is 4.31. The molecule has 0 saturated heterocycles. The zero-order valence-electron chi connectivity index (χ0n) is 5.87. The molecule has 0 aromatic carbocycles. The van der Waals surface area contributed by atoms with Gasteiger partial charge in [0, 0.05) is 0 Å². The highest BCUT2D eigenvalue weighted by atomic mass is 16.1. The molecule has 1 nitrogen and oxygen atoms in total. The molecule has 9 heavy (non-hydrogen) atoms. The average molecular weight is 124 g/mol. The van der Waals surface area contributed by atoms with E-state index in [0.29, 0.717) is 5.92 Å². The Bertz CT molecular complexity index is 123. The van der Waals surface area contributed by atoms with Gasteiger partial charge in [-0.15, -0.1) is 0 Å². The minimum absolute atomic E-state index is 0.375. The van der Waals surface area contributed by atoms with E-state index in [9.17, 15) is 4.79 Å². The number of aldehydes is 1. The van der Waals surface area contributed by atoms with Gasteiger partial charge in [0.15, 0.2) is 0 Å². The SMILES string of the molecule is C/C=C\[C@H](C)/C=C/C=O. The summed E-state index contributed by atoms with van der Waals surface area (Å²) in [7, 11) is 0. The molecule has 0 aliphatic carbocycles. The summed E-state index contributed by atoms with van der Waals surface area (Å²) in [4.78, 5) is 9.80. The summed E-state index contributed by atoms with van der Waals surface area (Å²) in [5, 5.41) is 0. The molecular formula is C8H12O. The Morgan fingerprint density at radius 1 is 1.33 bits per heavy atom. The fraction of sp³-hybridized carbons (Fsp3) is 0.375. The molecule has 0 saturated carbocycles. The van der Waals surface area contributed by atoms with E-state index in [1.165, 1.54) is 6.08 Å². The second kappa shape index (κ2) is 5.29. The second-order valence-electron chi connectivity index (χ2n) is 1.91. The van der Waals surface area contributed by atoms with E-state index < -0.39 is 0 Å². The van der Waals surface area contributed by atoms with Crippen molar-refractivity contribution in [2.45, 2.75) is 13.8 Å². The Hall–Kier alpha value is -0.850. The number of rotatable bonds is 3. The first kappa shape index (κ1) is 8.15. The minimum atomic E-state index is 0.375. The van der Waals surface area contributed by atoms with Crippen LogP contribution in [0, 0.1) is 5.92 Å². The topological polar surface area (TPSA) is 17.1 Å². The fourth-order valence-electron chi connectivity index (χ4n) is 0.588. The van der Waals surface area contributed by atoms with Crippen molar-refractivity contribution in [3.05, 3.63) is 24.3 Å². The molecule has 0 radical (unpaired) electrons. The van der Waals surface area contributed by atoms with Gasteiger partial charge in [-0.1, -0.05) is 25.2 Å². The van der Waals surface area contributed by atoms with Gasteiger partial charge in [-0.3, -0.25) is 4.79 Å². The van der Waals surface area contributed by atoms with Gasteiger partial charge in [0.1, 0.15) is 6.29 Å². The van der Waals surface area contributed by atoms with Crippen LogP contribution in [0.2, 0.25) is 0 Å². The lowest BCUT2D eigenvalue weighted by molar-refractivity contribution is -0.104. The molecular weight excluding hydrogens is 112 g/mol. The van der Waals surface area contributed by atoms with Crippen LogP contribution >= 0.6 is 0 Å². The Labute approximate surface area is 56.1 Å². The maximum Gasteiger partial charge on any atom is 0.142 e. The monoisotopic (exact) mass is 124 g/mol. The lowest BCUT2D eigenvalue weighted by Crippen LogP contribution is -1.80. The Morgan fingerprint density at radius 3 is 2.44 bits per heavy atom. The van der Waals surface area contributed by atoms with Crippen molar-refractivity contribution < 1.29 is 4.79 Å². The minimum Gasteiger partial charge on any atom is -0.299 e. The van der Waals surface area contributed by atoms with Crippen molar-refractivity contribution in [3.63, 3.8) is 0 Å². The molecule has 0 amide bonds. The molecule has 0 N–H and O–H groups in total. The molecule has 0 bridgehead atoms. The van der Waals surface area contributed by atoms with Crippen LogP contribution in [0.15, 0.2) is 24.3 Å².